The Bertz CT molecular complexity index is 1240. The molecule has 4 aromatic rings. The van der Waals surface area contributed by atoms with Gasteiger partial charge in [-0.1, -0.05) is 23.7 Å². The van der Waals surface area contributed by atoms with E-state index in [0.29, 0.717) is 21.7 Å². The molecule has 1 aliphatic heterocycles. The molecule has 5 nitrogen and oxygen atoms in total. The molecule has 1 saturated heterocycles. The van der Waals surface area contributed by atoms with Crippen LogP contribution in [0.4, 0.5) is 5.82 Å². The first-order valence-electron chi connectivity index (χ1n) is 10.2. The Kier molecular flexibility index (Phi) is 4.97. The zero-order valence-electron chi connectivity index (χ0n) is 16.5. The maximum atomic E-state index is 13.4. The van der Waals surface area contributed by atoms with Gasteiger partial charge in [0.15, 0.2) is 0 Å². The van der Waals surface area contributed by atoms with E-state index in [-0.39, 0.29) is 5.56 Å². The van der Waals surface area contributed by atoms with Crippen molar-refractivity contribution in [3.8, 4) is 17.1 Å². The molecule has 0 radical (unpaired) electrons. The Morgan fingerprint density at radius 1 is 0.867 bits per heavy atom. The Balaban J connectivity index is 1.66. The summed E-state index contributed by atoms with van der Waals surface area (Å²) in [6.45, 7) is 2.08. The van der Waals surface area contributed by atoms with Crippen molar-refractivity contribution in [1.82, 2.24) is 14.5 Å². The van der Waals surface area contributed by atoms with E-state index in [1.807, 2.05) is 48.7 Å². The van der Waals surface area contributed by atoms with Crippen molar-refractivity contribution in [2.45, 2.75) is 19.3 Å². The lowest BCUT2D eigenvalue weighted by atomic mass is 10.1. The third-order valence-electron chi connectivity index (χ3n) is 5.55. The summed E-state index contributed by atoms with van der Waals surface area (Å²) < 4.78 is 1.64. The summed E-state index contributed by atoms with van der Waals surface area (Å²) in [6.07, 6.45) is 5.49. The summed E-state index contributed by atoms with van der Waals surface area (Å²) in [5, 5.41) is 1.20. The van der Waals surface area contributed by atoms with Crippen LogP contribution in [-0.2, 0) is 0 Å². The summed E-state index contributed by atoms with van der Waals surface area (Å²) >= 11 is 6.06. The zero-order chi connectivity index (χ0) is 20.5. The highest BCUT2D eigenvalue weighted by Gasteiger charge is 2.16. The Labute approximate surface area is 179 Å². The SMILES string of the molecule is O=c1c2ccccc2nc(-c2ccc(N3CCCCC3)nc2)n1-c1ccc(Cl)cc1. The monoisotopic (exact) mass is 416 g/mol. The second-order valence-corrected chi connectivity index (χ2v) is 7.96. The van der Waals surface area contributed by atoms with E-state index in [2.05, 4.69) is 9.88 Å². The lowest BCUT2D eigenvalue weighted by Gasteiger charge is -2.27. The van der Waals surface area contributed by atoms with Gasteiger partial charge in [0, 0.05) is 29.9 Å². The molecule has 0 N–H and O–H groups in total. The minimum atomic E-state index is -0.113. The largest absolute Gasteiger partial charge is 0.357 e. The number of fused-ring (bicyclic) bond motifs is 1. The number of para-hydroxylation sites is 1. The Hall–Kier alpha value is -3.18. The van der Waals surface area contributed by atoms with Crippen molar-refractivity contribution in [2.24, 2.45) is 0 Å². The van der Waals surface area contributed by atoms with Crippen molar-refractivity contribution >= 4 is 28.3 Å². The molecule has 2 aromatic heterocycles. The summed E-state index contributed by atoms with van der Waals surface area (Å²) in [5.74, 6) is 1.54. The van der Waals surface area contributed by atoms with Crippen molar-refractivity contribution in [3.63, 3.8) is 0 Å². The fourth-order valence-electron chi connectivity index (χ4n) is 3.98. The average molecular weight is 417 g/mol. The molecule has 2 aromatic carbocycles. The minimum Gasteiger partial charge on any atom is -0.357 e. The van der Waals surface area contributed by atoms with Gasteiger partial charge in [-0.2, -0.15) is 0 Å². The molecule has 30 heavy (non-hydrogen) atoms. The van der Waals surface area contributed by atoms with Gasteiger partial charge in [0.1, 0.15) is 11.6 Å². The highest BCUT2D eigenvalue weighted by atomic mass is 35.5. The highest BCUT2D eigenvalue weighted by molar-refractivity contribution is 6.30. The fourth-order valence-corrected chi connectivity index (χ4v) is 4.11. The van der Waals surface area contributed by atoms with E-state index in [1.54, 1.807) is 22.8 Å². The molecule has 0 spiro atoms. The van der Waals surface area contributed by atoms with E-state index in [9.17, 15) is 4.79 Å². The van der Waals surface area contributed by atoms with Crippen LogP contribution in [0.3, 0.4) is 0 Å². The van der Waals surface area contributed by atoms with Crippen LogP contribution in [0.15, 0.2) is 71.7 Å². The first-order valence-corrected chi connectivity index (χ1v) is 10.6. The number of halogens is 1. The standard InChI is InChI=1S/C24H21ClN4O/c25-18-9-11-19(12-10-18)29-23(27-21-7-3-2-6-20(21)24(29)30)17-8-13-22(26-16-17)28-14-4-1-5-15-28/h2-3,6-13,16H,1,4-5,14-15H2. The summed E-state index contributed by atoms with van der Waals surface area (Å²) in [7, 11) is 0. The van der Waals surface area contributed by atoms with Gasteiger partial charge < -0.3 is 4.90 Å². The third kappa shape index (κ3) is 3.46. The number of benzene rings is 2. The van der Waals surface area contributed by atoms with E-state index in [1.165, 1.54) is 19.3 Å². The van der Waals surface area contributed by atoms with Crippen LogP contribution in [0.5, 0.6) is 0 Å². The predicted octanol–water partition coefficient (Wildman–Crippen LogP) is 5.09. The molecule has 6 heteroatoms. The second-order valence-electron chi connectivity index (χ2n) is 7.52. The minimum absolute atomic E-state index is 0.113. The first-order chi connectivity index (χ1) is 14.7. The van der Waals surface area contributed by atoms with E-state index >= 15 is 0 Å². The maximum absolute atomic E-state index is 13.4. The van der Waals surface area contributed by atoms with Crippen LogP contribution in [0.1, 0.15) is 19.3 Å². The average Bonchev–Trinajstić information content (AvgIpc) is 2.81. The van der Waals surface area contributed by atoms with Gasteiger partial charge in [0.05, 0.1) is 16.6 Å². The van der Waals surface area contributed by atoms with E-state index < -0.39 is 0 Å². The van der Waals surface area contributed by atoms with Gasteiger partial charge in [-0.25, -0.2) is 9.97 Å². The predicted molar refractivity (Wildman–Crippen MR) is 122 cm³/mol. The highest BCUT2D eigenvalue weighted by Crippen LogP contribution is 2.25. The summed E-state index contributed by atoms with van der Waals surface area (Å²) in [4.78, 5) is 25.2. The number of aromatic nitrogens is 3. The molecule has 5 rings (SSSR count). The normalized spacial score (nSPS) is 14.2. The van der Waals surface area contributed by atoms with Gasteiger partial charge in [-0.3, -0.25) is 9.36 Å². The molecule has 150 valence electrons. The van der Waals surface area contributed by atoms with Crippen molar-refractivity contribution in [1.29, 1.82) is 0 Å². The Morgan fingerprint density at radius 3 is 2.37 bits per heavy atom. The fraction of sp³-hybridized carbons (Fsp3) is 0.208. The molecular formula is C24H21ClN4O. The molecule has 0 aliphatic carbocycles. The van der Waals surface area contributed by atoms with E-state index in [4.69, 9.17) is 16.6 Å². The van der Waals surface area contributed by atoms with Crippen LogP contribution < -0.4 is 10.5 Å². The van der Waals surface area contributed by atoms with Crippen molar-refractivity contribution in [3.05, 3.63) is 82.2 Å². The van der Waals surface area contributed by atoms with Gasteiger partial charge in [-0.05, 0) is 67.8 Å². The van der Waals surface area contributed by atoms with Gasteiger partial charge in [0.2, 0.25) is 0 Å². The van der Waals surface area contributed by atoms with Crippen LogP contribution in [0, 0.1) is 0 Å². The third-order valence-corrected chi connectivity index (χ3v) is 5.80. The number of hydrogen-bond acceptors (Lipinski definition) is 4. The lowest BCUT2D eigenvalue weighted by Crippen LogP contribution is -2.30. The number of pyridine rings is 1. The second kappa shape index (κ2) is 7.92. The molecule has 0 amide bonds. The van der Waals surface area contributed by atoms with Gasteiger partial charge in [-0.15, -0.1) is 0 Å². The van der Waals surface area contributed by atoms with Crippen LogP contribution >= 0.6 is 11.6 Å². The molecule has 1 aliphatic rings. The number of hydrogen-bond donors (Lipinski definition) is 0. The molecule has 0 atom stereocenters. The lowest BCUT2D eigenvalue weighted by molar-refractivity contribution is 0.573. The van der Waals surface area contributed by atoms with Crippen molar-refractivity contribution in [2.75, 3.05) is 18.0 Å². The maximum Gasteiger partial charge on any atom is 0.266 e. The van der Waals surface area contributed by atoms with E-state index in [0.717, 1.165) is 30.2 Å². The van der Waals surface area contributed by atoms with Crippen LogP contribution in [0.25, 0.3) is 28.0 Å². The number of rotatable bonds is 3. The molecule has 1 fully saturated rings. The number of piperidine rings is 1. The quantitative estimate of drug-likeness (QED) is 0.466. The Morgan fingerprint density at radius 2 is 1.63 bits per heavy atom. The molecule has 0 saturated carbocycles. The molecule has 0 bridgehead atoms. The van der Waals surface area contributed by atoms with Crippen LogP contribution in [-0.4, -0.2) is 27.6 Å². The van der Waals surface area contributed by atoms with Gasteiger partial charge in [0.25, 0.3) is 5.56 Å². The van der Waals surface area contributed by atoms with Gasteiger partial charge >= 0.3 is 0 Å². The summed E-state index contributed by atoms with van der Waals surface area (Å²) in [5.41, 5.74) is 2.08. The number of nitrogens with zero attached hydrogens (tertiary/aromatic N) is 4. The molecular weight excluding hydrogens is 396 g/mol. The smallest absolute Gasteiger partial charge is 0.266 e. The van der Waals surface area contributed by atoms with Crippen LogP contribution in [0.2, 0.25) is 5.02 Å². The zero-order valence-corrected chi connectivity index (χ0v) is 17.2. The molecule has 0 unspecified atom stereocenters. The topological polar surface area (TPSA) is 51.0 Å². The first kappa shape index (κ1) is 18.8. The summed E-state index contributed by atoms with van der Waals surface area (Å²) in [6, 6.07) is 18.7. The molecule has 3 heterocycles. The number of anilines is 1. The van der Waals surface area contributed by atoms with Crippen molar-refractivity contribution < 1.29 is 0 Å².